The Hall–Kier alpha value is -0.750. The Labute approximate surface area is 71.0 Å². The van der Waals surface area contributed by atoms with E-state index in [1.165, 1.54) is 0 Å². The Kier molecular flexibility index (Phi) is 3.82. The van der Waals surface area contributed by atoms with Crippen LogP contribution in [0.1, 0.15) is 5.69 Å². The normalized spacial score (nSPS) is 8.00. The van der Waals surface area contributed by atoms with Crippen molar-refractivity contribution in [2.24, 2.45) is 0 Å². The van der Waals surface area contributed by atoms with E-state index in [2.05, 4.69) is 10.9 Å². The molecule has 0 radical (unpaired) electrons. The molecule has 0 saturated heterocycles. The number of imidazole rings is 1. The van der Waals surface area contributed by atoms with Crippen LogP contribution in [0.2, 0.25) is 0 Å². The molecule has 0 aromatic carbocycles. The molecule has 0 fully saturated rings. The van der Waals surface area contributed by atoms with Gasteiger partial charge in [0.2, 0.25) is 0 Å². The summed E-state index contributed by atoms with van der Waals surface area (Å²) in [6.45, 7) is 2.59. The number of terminal acetylenes is 1. The molecule has 0 unspecified atom stereocenters. The Bertz CT molecular complexity index is 234. The summed E-state index contributed by atoms with van der Waals surface area (Å²) in [7, 11) is 0. The minimum absolute atomic E-state index is 0. The zero-order chi connectivity index (χ0) is 6.69. The van der Waals surface area contributed by atoms with Gasteiger partial charge in [0, 0.05) is 11.9 Å². The standard InChI is InChI=1S/C7H8N2.BrH/c1-3-4-9-6-8-5-7(9)2;/h1,5-6H,4H2,2H3;1H. The van der Waals surface area contributed by atoms with E-state index in [1.54, 1.807) is 12.5 Å². The third-order valence-electron chi connectivity index (χ3n) is 1.18. The SMILES string of the molecule is Br.C#CCn1cncc1C. The molecule has 3 heteroatoms. The number of hydrogen-bond acceptors (Lipinski definition) is 1. The molecule has 0 saturated carbocycles. The molecule has 0 aliphatic carbocycles. The summed E-state index contributed by atoms with van der Waals surface area (Å²) >= 11 is 0. The topological polar surface area (TPSA) is 17.8 Å². The third-order valence-corrected chi connectivity index (χ3v) is 1.18. The predicted molar refractivity (Wildman–Crippen MR) is 46.1 cm³/mol. The molecule has 10 heavy (non-hydrogen) atoms. The lowest BCUT2D eigenvalue weighted by Gasteiger charge is -1.94. The molecule has 1 aromatic heterocycles. The molecule has 1 aromatic rings. The van der Waals surface area contributed by atoms with Crippen molar-refractivity contribution < 1.29 is 0 Å². The fraction of sp³-hybridized carbons (Fsp3) is 0.286. The van der Waals surface area contributed by atoms with Gasteiger partial charge in [-0.05, 0) is 6.92 Å². The molecular formula is C7H9BrN2. The van der Waals surface area contributed by atoms with E-state index in [1.807, 2.05) is 11.5 Å². The number of hydrogen-bond donors (Lipinski definition) is 0. The highest BCUT2D eigenvalue weighted by atomic mass is 79.9. The number of aromatic nitrogens is 2. The van der Waals surface area contributed by atoms with Crippen molar-refractivity contribution in [1.29, 1.82) is 0 Å². The average molecular weight is 201 g/mol. The number of rotatable bonds is 1. The highest BCUT2D eigenvalue weighted by molar-refractivity contribution is 8.93. The van der Waals surface area contributed by atoms with Crippen LogP contribution in [0, 0.1) is 19.3 Å². The average Bonchev–Trinajstić information content (AvgIpc) is 2.18. The second-order valence-corrected chi connectivity index (χ2v) is 1.87. The van der Waals surface area contributed by atoms with E-state index in [-0.39, 0.29) is 17.0 Å². The van der Waals surface area contributed by atoms with Gasteiger partial charge < -0.3 is 4.57 Å². The predicted octanol–water partition coefficient (Wildman–Crippen LogP) is 1.40. The van der Waals surface area contributed by atoms with Gasteiger partial charge in [-0.25, -0.2) is 4.98 Å². The van der Waals surface area contributed by atoms with Crippen molar-refractivity contribution in [3.8, 4) is 12.3 Å². The van der Waals surface area contributed by atoms with Crippen LogP contribution in [0.3, 0.4) is 0 Å². The first-order chi connectivity index (χ1) is 4.34. The Morgan fingerprint density at radius 2 is 2.50 bits per heavy atom. The Morgan fingerprint density at radius 1 is 1.80 bits per heavy atom. The number of halogens is 1. The van der Waals surface area contributed by atoms with Crippen LogP contribution in [-0.4, -0.2) is 9.55 Å². The molecule has 0 aliphatic rings. The van der Waals surface area contributed by atoms with Crippen LogP contribution >= 0.6 is 17.0 Å². The first kappa shape index (κ1) is 9.25. The molecule has 1 rings (SSSR count). The lowest BCUT2D eigenvalue weighted by atomic mass is 10.5. The summed E-state index contributed by atoms with van der Waals surface area (Å²) in [6, 6.07) is 0. The van der Waals surface area contributed by atoms with Gasteiger partial charge >= 0.3 is 0 Å². The molecule has 0 spiro atoms. The van der Waals surface area contributed by atoms with E-state index in [0.29, 0.717) is 6.54 Å². The minimum Gasteiger partial charge on any atom is -0.323 e. The first-order valence-corrected chi connectivity index (χ1v) is 2.75. The minimum atomic E-state index is 0. The monoisotopic (exact) mass is 200 g/mol. The van der Waals surface area contributed by atoms with E-state index in [9.17, 15) is 0 Å². The number of aryl methyl sites for hydroxylation is 1. The quantitative estimate of drug-likeness (QED) is 0.628. The molecule has 0 atom stereocenters. The van der Waals surface area contributed by atoms with Gasteiger partial charge in [-0.15, -0.1) is 23.4 Å². The summed E-state index contributed by atoms with van der Waals surface area (Å²) in [4.78, 5) is 3.91. The fourth-order valence-electron chi connectivity index (χ4n) is 0.651. The zero-order valence-corrected chi connectivity index (χ0v) is 7.45. The van der Waals surface area contributed by atoms with Gasteiger partial charge in [0.1, 0.15) is 0 Å². The Morgan fingerprint density at radius 3 is 2.90 bits per heavy atom. The zero-order valence-electron chi connectivity index (χ0n) is 5.74. The van der Waals surface area contributed by atoms with Gasteiger partial charge in [0.25, 0.3) is 0 Å². The van der Waals surface area contributed by atoms with Crippen molar-refractivity contribution in [3.05, 3.63) is 18.2 Å². The van der Waals surface area contributed by atoms with E-state index in [0.717, 1.165) is 5.69 Å². The fourth-order valence-corrected chi connectivity index (χ4v) is 0.651. The smallest absolute Gasteiger partial charge is 0.0956 e. The molecule has 2 nitrogen and oxygen atoms in total. The molecule has 0 bridgehead atoms. The van der Waals surface area contributed by atoms with Crippen LogP contribution < -0.4 is 0 Å². The Balaban J connectivity index is 0.000000810. The third kappa shape index (κ3) is 1.89. The summed E-state index contributed by atoms with van der Waals surface area (Å²) in [5.41, 5.74) is 1.10. The molecule has 1 heterocycles. The van der Waals surface area contributed by atoms with Gasteiger partial charge in [0.05, 0.1) is 12.9 Å². The van der Waals surface area contributed by atoms with Gasteiger partial charge in [-0.1, -0.05) is 5.92 Å². The molecular weight excluding hydrogens is 192 g/mol. The van der Waals surface area contributed by atoms with Crippen LogP contribution in [0.5, 0.6) is 0 Å². The lowest BCUT2D eigenvalue weighted by molar-refractivity contribution is 0.808. The van der Waals surface area contributed by atoms with Gasteiger partial charge in [-0.2, -0.15) is 0 Å². The van der Waals surface area contributed by atoms with Crippen LogP contribution in [0.4, 0.5) is 0 Å². The maximum Gasteiger partial charge on any atom is 0.0956 e. The van der Waals surface area contributed by atoms with Crippen LogP contribution in [0.25, 0.3) is 0 Å². The van der Waals surface area contributed by atoms with Gasteiger partial charge in [0.15, 0.2) is 0 Å². The van der Waals surface area contributed by atoms with Crippen molar-refractivity contribution in [2.75, 3.05) is 0 Å². The molecule has 0 amide bonds. The maximum atomic E-state index is 5.09. The van der Waals surface area contributed by atoms with Gasteiger partial charge in [-0.3, -0.25) is 0 Å². The largest absolute Gasteiger partial charge is 0.323 e. The first-order valence-electron chi connectivity index (χ1n) is 2.75. The second-order valence-electron chi connectivity index (χ2n) is 1.87. The molecule has 0 N–H and O–H groups in total. The highest BCUT2D eigenvalue weighted by Crippen LogP contribution is 1.93. The summed E-state index contributed by atoms with van der Waals surface area (Å²) < 4.78 is 1.92. The van der Waals surface area contributed by atoms with E-state index < -0.39 is 0 Å². The van der Waals surface area contributed by atoms with Crippen molar-refractivity contribution in [3.63, 3.8) is 0 Å². The van der Waals surface area contributed by atoms with Crippen LogP contribution in [-0.2, 0) is 6.54 Å². The summed E-state index contributed by atoms with van der Waals surface area (Å²) in [5.74, 6) is 2.53. The maximum absolute atomic E-state index is 5.09. The molecule has 54 valence electrons. The van der Waals surface area contributed by atoms with Crippen LogP contribution in [0.15, 0.2) is 12.5 Å². The summed E-state index contributed by atoms with van der Waals surface area (Å²) in [5, 5.41) is 0. The number of nitrogens with zero attached hydrogens (tertiary/aromatic N) is 2. The molecule has 0 aliphatic heterocycles. The highest BCUT2D eigenvalue weighted by Gasteiger charge is 1.90. The van der Waals surface area contributed by atoms with E-state index >= 15 is 0 Å². The summed E-state index contributed by atoms with van der Waals surface area (Å²) in [6.07, 6.45) is 8.61. The second kappa shape index (κ2) is 4.13. The van der Waals surface area contributed by atoms with Crippen molar-refractivity contribution in [2.45, 2.75) is 13.5 Å². The lowest BCUT2D eigenvalue weighted by Crippen LogP contribution is -1.94. The van der Waals surface area contributed by atoms with Crippen molar-refractivity contribution >= 4 is 17.0 Å². The van der Waals surface area contributed by atoms with Crippen molar-refractivity contribution in [1.82, 2.24) is 9.55 Å². The van der Waals surface area contributed by atoms with E-state index in [4.69, 9.17) is 6.42 Å².